The molecular formula is C10H12N2O2S. The second kappa shape index (κ2) is 3.02. The molecule has 2 aliphatic heterocycles. The number of ether oxygens (including phenoxy) is 1. The summed E-state index contributed by atoms with van der Waals surface area (Å²) in [5, 5.41) is 0. The Morgan fingerprint density at radius 2 is 2.33 bits per heavy atom. The largest absolute Gasteiger partial charge is 0.380 e. The van der Waals surface area contributed by atoms with E-state index in [-0.39, 0.29) is 5.91 Å². The van der Waals surface area contributed by atoms with E-state index in [0.717, 1.165) is 36.9 Å². The molecule has 0 radical (unpaired) electrons. The highest BCUT2D eigenvalue weighted by molar-refractivity contribution is 7.11. The minimum absolute atomic E-state index is 0.132. The highest BCUT2D eigenvalue weighted by Gasteiger charge is 2.51. The standard InChI is InChI=1S/C10H12N2O2S/c1-7-8(15-6-11-7)9(13)12-2-10(3-12)4-14-5-10/h6H,2-5H2,1H3. The second-order valence-electron chi connectivity index (χ2n) is 4.42. The first-order valence-corrected chi connectivity index (χ1v) is 5.85. The van der Waals surface area contributed by atoms with Gasteiger partial charge in [-0.25, -0.2) is 4.98 Å². The van der Waals surface area contributed by atoms with E-state index in [1.807, 2.05) is 11.8 Å². The van der Waals surface area contributed by atoms with Crippen LogP contribution in [0.4, 0.5) is 0 Å². The molecular weight excluding hydrogens is 212 g/mol. The number of hydrogen-bond acceptors (Lipinski definition) is 4. The third-order valence-corrected chi connectivity index (χ3v) is 4.01. The summed E-state index contributed by atoms with van der Waals surface area (Å²) in [6.45, 7) is 5.22. The zero-order valence-corrected chi connectivity index (χ0v) is 9.34. The molecule has 1 amide bonds. The Morgan fingerprint density at radius 3 is 2.80 bits per heavy atom. The minimum atomic E-state index is 0.132. The van der Waals surface area contributed by atoms with E-state index >= 15 is 0 Å². The number of rotatable bonds is 1. The highest BCUT2D eigenvalue weighted by Crippen LogP contribution is 2.38. The Bertz CT molecular complexity index is 403. The van der Waals surface area contributed by atoms with Crippen molar-refractivity contribution in [1.82, 2.24) is 9.88 Å². The average Bonchev–Trinajstić information content (AvgIpc) is 2.45. The molecule has 1 aromatic rings. The van der Waals surface area contributed by atoms with Crippen LogP contribution in [-0.2, 0) is 4.74 Å². The smallest absolute Gasteiger partial charge is 0.265 e. The summed E-state index contributed by atoms with van der Waals surface area (Å²) < 4.78 is 5.17. The zero-order chi connectivity index (χ0) is 10.5. The number of nitrogens with zero attached hydrogens (tertiary/aromatic N) is 2. The van der Waals surface area contributed by atoms with Crippen LogP contribution in [0.25, 0.3) is 0 Å². The molecule has 1 aromatic heterocycles. The van der Waals surface area contributed by atoms with Crippen LogP contribution < -0.4 is 0 Å². The van der Waals surface area contributed by atoms with Crippen LogP contribution >= 0.6 is 11.3 Å². The fourth-order valence-electron chi connectivity index (χ4n) is 2.13. The molecule has 3 rings (SSSR count). The number of hydrogen-bond donors (Lipinski definition) is 0. The first-order chi connectivity index (χ1) is 7.20. The molecule has 80 valence electrons. The van der Waals surface area contributed by atoms with Gasteiger partial charge in [0.25, 0.3) is 5.91 Å². The van der Waals surface area contributed by atoms with Crippen LogP contribution in [0.5, 0.6) is 0 Å². The first-order valence-electron chi connectivity index (χ1n) is 4.97. The Labute approximate surface area is 91.9 Å². The number of aryl methyl sites for hydroxylation is 1. The Balaban J connectivity index is 1.70. The number of carbonyl (C=O) groups is 1. The molecule has 15 heavy (non-hydrogen) atoms. The van der Waals surface area contributed by atoms with Gasteiger partial charge < -0.3 is 9.64 Å². The molecule has 2 aliphatic rings. The normalized spacial score (nSPS) is 22.3. The molecule has 0 unspecified atom stereocenters. The maximum atomic E-state index is 12.0. The van der Waals surface area contributed by atoms with E-state index in [4.69, 9.17) is 4.74 Å². The van der Waals surface area contributed by atoms with Gasteiger partial charge in [-0.3, -0.25) is 4.79 Å². The average molecular weight is 224 g/mol. The monoisotopic (exact) mass is 224 g/mol. The predicted molar refractivity (Wildman–Crippen MR) is 56.0 cm³/mol. The lowest BCUT2D eigenvalue weighted by Crippen LogP contribution is -2.67. The lowest BCUT2D eigenvalue weighted by molar-refractivity contribution is -0.176. The minimum Gasteiger partial charge on any atom is -0.380 e. The molecule has 5 heteroatoms. The van der Waals surface area contributed by atoms with E-state index in [1.165, 1.54) is 11.3 Å². The van der Waals surface area contributed by atoms with Crippen molar-refractivity contribution in [3.63, 3.8) is 0 Å². The van der Waals surface area contributed by atoms with Crippen molar-refractivity contribution >= 4 is 17.2 Å². The lowest BCUT2D eigenvalue weighted by atomic mass is 9.78. The van der Waals surface area contributed by atoms with E-state index in [9.17, 15) is 4.79 Å². The van der Waals surface area contributed by atoms with Crippen molar-refractivity contribution in [3.8, 4) is 0 Å². The van der Waals surface area contributed by atoms with Crippen LogP contribution in [0, 0.1) is 12.3 Å². The predicted octanol–water partition coefficient (Wildman–Crippen LogP) is 0.924. The van der Waals surface area contributed by atoms with Crippen LogP contribution in [0.2, 0.25) is 0 Å². The molecule has 0 atom stereocenters. The topological polar surface area (TPSA) is 42.4 Å². The van der Waals surface area contributed by atoms with Crippen molar-refractivity contribution in [2.75, 3.05) is 26.3 Å². The van der Waals surface area contributed by atoms with Crippen molar-refractivity contribution in [2.45, 2.75) is 6.92 Å². The molecule has 0 N–H and O–H groups in total. The summed E-state index contributed by atoms with van der Waals surface area (Å²) >= 11 is 1.43. The number of amides is 1. The fraction of sp³-hybridized carbons (Fsp3) is 0.600. The zero-order valence-electron chi connectivity index (χ0n) is 8.52. The summed E-state index contributed by atoms with van der Waals surface area (Å²) in [6, 6.07) is 0. The molecule has 1 spiro atoms. The maximum absolute atomic E-state index is 12.0. The highest BCUT2D eigenvalue weighted by atomic mass is 32.1. The molecule has 4 nitrogen and oxygen atoms in total. The number of aromatic nitrogens is 1. The Kier molecular flexibility index (Phi) is 1.87. The summed E-state index contributed by atoms with van der Waals surface area (Å²) in [5.41, 5.74) is 2.87. The summed E-state index contributed by atoms with van der Waals surface area (Å²) in [4.78, 5) is 18.8. The van der Waals surface area contributed by atoms with Gasteiger partial charge in [0, 0.05) is 13.1 Å². The number of likely N-dealkylation sites (tertiary alicyclic amines) is 1. The van der Waals surface area contributed by atoms with Crippen LogP contribution in [-0.4, -0.2) is 42.1 Å². The lowest BCUT2D eigenvalue weighted by Gasteiger charge is -2.54. The molecule has 2 fully saturated rings. The van der Waals surface area contributed by atoms with Crippen LogP contribution in [0.3, 0.4) is 0 Å². The molecule has 0 bridgehead atoms. The first kappa shape index (κ1) is 9.30. The molecule has 2 saturated heterocycles. The van der Waals surface area contributed by atoms with Gasteiger partial charge in [-0.05, 0) is 6.92 Å². The third kappa shape index (κ3) is 1.30. The third-order valence-electron chi connectivity index (χ3n) is 3.10. The van der Waals surface area contributed by atoms with E-state index in [1.54, 1.807) is 5.51 Å². The van der Waals surface area contributed by atoms with Crippen molar-refractivity contribution in [2.24, 2.45) is 5.41 Å². The molecule has 0 saturated carbocycles. The van der Waals surface area contributed by atoms with Crippen LogP contribution in [0.1, 0.15) is 15.4 Å². The fourth-order valence-corrected chi connectivity index (χ4v) is 2.90. The number of carbonyl (C=O) groups excluding carboxylic acids is 1. The summed E-state index contributed by atoms with van der Waals surface area (Å²) in [6.07, 6.45) is 0. The van der Waals surface area contributed by atoms with Gasteiger partial charge in [0.15, 0.2) is 0 Å². The second-order valence-corrected chi connectivity index (χ2v) is 5.28. The van der Waals surface area contributed by atoms with Crippen molar-refractivity contribution < 1.29 is 9.53 Å². The Hall–Kier alpha value is -0.940. The van der Waals surface area contributed by atoms with Crippen LogP contribution in [0.15, 0.2) is 5.51 Å². The SMILES string of the molecule is Cc1ncsc1C(=O)N1CC2(COC2)C1. The summed E-state index contributed by atoms with van der Waals surface area (Å²) in [5.74, 6) is 0.132. The molecule has 3 heterocycles. The van der Waals surface area contributed by atoms with E-state index < -0.39 is 0 Å². The maximum Gasteiger partial charge on any atom is 0.265 e. The van der Waals surface area contributed by atoms with Gasteiger partial charge >= 0.3 is 0 Å². The van der Waals surface area contributed by atoms with Gasteiger partial charge in [0.1, 0.15) is 4.88 Å². The molecule has 0 aliphatic carbocycles. The van der Waals surface area contributed by atoms with Crippen molar-refractivity contribution in [3.05, 3.63) is 16.1 Å². The van der Waals surface area contributed by atoms with E-state index in [0.29, 0.717) is 5.41 Å². The Morgan fingerprint density at radius 1 is 1.60 bits per heavy atom. The quantitative estimate of drug-likeness (QED) is 0.712. The summed E-state index contributed by atoms with van der Waals surface area (Å²) in [7, 11) is 0. The van der Waals surface area contributed by atoms with Gasteiger partial charge in [-0.2, -0.15) is 0 Å². The van der Waals surface area contributed by atoms with Gasteiger partial charge in [0.05, 0.1) is 29.8 Å². The van der Waals surface area contributed by atoms with Crippen molar-refractivity contribution in [1.29, 1.82) is 0 Å². The van der Waals surface area contributed by atoms with Gasteiger partial charge in [-0.15, -0.1) is 11.3 Å². The number of thiazole rings is 1. The van der Waals surface area contributed by atoms with Gasteiger partial charge in [0.2, 0.25) is 0 Å². The van der Waals surface area contributed by atoms with Gasteiger partial charge in [-0.1, -0.05) is 0 Å². The molecule has 0 aromatic carbocycles. The van der Waals surface area contributed by atoms with E-state index in [2.05, 4.69) is 4.98 Å².